The molecule has 0 spiro atoms. The van der Waals surface area contributed by atoms with E-state index in [1.165, 1.54) is 0 Å². The van der Waals surface area contributed by atoms with E-state index in [1.54, 1.807) is 31.1 Å². The summed E-state index contributed by atoms with van der Waals surface area (Å²) >= 11 is 1.56. The Bertz CT molecular complexity index is 818. The minimum atomic E-state index is 0.405. The lowest BCUT2D eigenvalue weighted by atomic mass is 10.1. The Morgan fingerprint density at radius 2 is 2.15 bits per heavy atom. The molecule has 0 saturated heterocycles. The Kier molecular flexibility index (Phi) is 3.28. The summed E-state index contributed by atoms with van der Waals surface area (Å²) in [6.45, 7) is 0. The molecule has 4 nitrogen and oxygen atoms in total. The molecule has 0 aliphatic carbocycles. The van der Waals surface area contributed by atoms with Gasteiger partial charge in [-0.15, -0.1) is 11.8 Å². The van der Waals surface area contributed by atoms with Crippen LogP contribution in [0.5, 0.6) is 5.75 Å². The van der Waals surface area contributed by atoms with Gasteiger partial charge in [-0.25, -0.2) is 4.98 Å². The zero-order valence-corrected chi connectivity index (χ0v) is 11.9. The number of benzene rings is 1. The first kappa shape index (κ1) is 12.9. The highest BCUT2D eigenvalue weighted by Crippen LogP contribution is 2.37. The smallest absolute Gasteiger partial charge is 0.168 e. The van der Waals surface area contributed by atoms with Crippen LogP contribution in [0.15, 0.2) is 35.4 Å². The van der Waals surface area contributed by atoms with Gasteiger partial charge in [-0.3, -0.25) is 9.78 Å². The van der Waals surface area contributed by atoms with Crippen molar-refractivity contribution >= 4 is 39.9 Å². The molecule has 0 aliphatic rings. The average Bonchev–Trinajstić information content (AvgIpc) is 2.52. The number of methoxy groups -OCH3 is 1. The van der Waals surface area contributed by atoms with Crippen molar-refractivity contribution in [2.45, 2.75) is 4.90 Å². The predicted octanol–water partition coefficient (Wildman–Crippen LogP) is 3.33. The molecule has 2 aromatic heterocycles. The van der Waals surface area contributed by atoms with E-state index in [9.17, 15) is 4.79 Å². The van der Waals surface area contributed by atoms with Crippen molar-refractivity contribution in [1.82, 2.24) is 9.97 Å². The molecule has 0 bridgehead atoms. The Morgan fingerprint density at radius 1 is 1.30 bits per heavy atom. The van der Waals surface area contributed by atoms with Crippen LogP contribution in [-0.4, -0.2) is 29.6 Å². The lowest BCUT2D eigenvalue weighted by Gasteiger charge is -2.11. The monoisotopic (exact) mass is 284 g/mol. The van der Waals surface area contributed by atoms with Gasteiger partial charge < -0.3 is 4.74 Å². The van der Waals surface area contributed by atoms with Gasteiger partial charge in [0.15, 0.2) is 6.29 Å². The predicted molar refractivity (Wildman–Crippen MR) is 80.8 cm³/mol. The third-order valence-corrected chi connectivity index (χ3v) is 3.92. The number of nitrogens with zero attached hydrogens (tertiary/aromatic N) is 2. The molecular formula is C15H12N2O2S. The van der Waals surface area contributed by atoms with Crippen molar-refractivity contribution in [3.05, 3.63) is 36.2 Å². The number of hydrogen-bond acceptors (Lipinski definition) is 5. The molecule has 0 N–H and O–H groups in total. The Morgan fingerprint density at radius 3 is 2.85 bits per heavy atom. The van der Waals surface area contributed by atoms with E-state index in [-0.39, 0.29) is 0 Å². The highest BCUT2D eigenvalue weighted by molar-refractivity contribution is 7.98. The lowest BCUT2D eigenvalue weighted by Crippen LogP contribution is -1.95. The highest BCUT2D eigenvalue weighted by atomic mass is 32.2. The van der Waals surface area contributed by atoms with E-state index >= 15 is 0 Å². The van der Waals surface area contributed by atoms with E-state index in [0.29, 0.717) is 11.2 Å². The van der Waals surface area contributed by atoms with Crippen LogP contribution in [0.3, 0.4) is 0 Å². The first-order chi connectivity index (χ1) is 9.78. The number of thioether (sulfide) groups is 1. The van der Waals surface area contributed by atoms with Crippen LogP contribution in [0.2, 0.25) is 0 Å². The molecule has 100 valence electrons. The zero-order valence-electron chi connectivity index (χ0n) is 11.1. The van der Waals surface area contributed by atoms with Crippen LogP contribution in [0.25, 0.3) is 21.8 Å². The number of carbonyl (C=O) groups is 1. The summed E-state index contributed by atoms with van der Waals surface area (Å²) in [5.41, 5.74) is 1.89. The summed E-state index contributed by atoms with van der Waals surface area (Å²) in [7, 11) is 1.63. The third-order valence-electron chi connectivity index (χ3n) is 3.16. The number of aldehydes is 1. The maximum atomic E-state index is 11.1. The molecular weight excluding hydrogens is 272 g/mol. The van der Waals surface area contributed by atoms with E-state index in [4.69, 9.17) is 4.74 Å². The molecule has 3 aromatic rings. The van der Waals surface area contributed by atoms with Gasteiger partial charge in [0.2, 0.25) is 0 Å². The normalized spacial score (nSPS) is 10.9. The number of hydrogen-bond donors (Lipinski definition) is 0. The molecule has 3 rings (SSSR count). The average molecular weight is 284 g/mol. The molecule has 0 unspecified atom stereocenters. The van der Waals surface area contributed by atoms with Gasteiger partial charge in [0.25, 0.3) is 0 Å². The largest absolute Gasteiger partial charge is 0.496 e. The number of ether oxygens (including phenoxy) is 1. The zero-order chi connectivity index (χ0) is 14.1. The number of aromatic nitrogens is 2. The minimum absolute atomic E-state index is 0.405. The van der Waals surface area contributed by atoms with Crippen molar-refractivity contribution in [2.75, 3.05) is 13.4 Å². The number of carbonyl (C=O) groups excluding carboxylic acids is 1. The lowest BCUT2D eigenvalue weighted by molar-refractivity contribution is 0.111. The van der Waals surface area contributed by atoms with Crippen molar-refractivity contribution in [1.29, 1.82) is 0 Å². The third kappa shape index (κ3) is 1.91. The highest BCUT2D eigenvalue weighted by Gasteiger charge is 2.14. The Balaban J connectivity index is 2.57. The second-order valence-electron chi connectivity index (χ2n) is 4.24. The van der Waals surface area contributed by atoms with Gasteiger partial charge in [0.05, 0.1) is 18.0 Å². The first-order valence-corrected chi connectivity index (χ1v) is 7.26. The summed E-state index contributed by atoms with van der Waals surface area (Å²) in [6, 6.07) is 7.55. The molecule has 0 atom stereocenters. The quantitative estimate of drug-likeness (QED) is 0.419. The molecule has 1 aromatic carbocycles. The van der Waals surface area contributed by atoms with E-state index < -0.39 is 0 Å². The van der Waals surface area contributed by atoms with E-state index in [1.807, 2.05) is 24.5 Å². The Hall–Kier alpha value is -2.14. The van der Waals surface area contributed by atoms with Crippen molar-refractivity contribution in [3.63, 3.8) is 0 Å². The van der Waals surface area contributed by atoms with Gasteiger partial charge in [-0.05, 0) is 24.5 Å². The van der Waals surface area contributed by atoms with Gasteiger partial charge >= 0.3 is 0 Å². The van der Waals surface area contributed by atoms with Gasteiger partial charge in [-0.2, -0.15) is 0 Å². The summed E-state index contributed by atoms with van der Waals surface area (Å²) in [5, 5.41) is 1.84. The molecule has 0 saturated carbocycles. The van der Waals surface area contributed by atoms with Crippen molar-refractivity contribution in [2.24, 2.45) is 0 Å². The van der Waals surface area contributed by atoms with Crippen molar-refractivity contribution < 1.29 is 9.53 Å². The molecule has 0 radical (unpaired) electrons. The number of pyridine rings is 2. The Labute approximate surface area is 120 Å². The van der Waals surface area contributed by atoms with E-state index in [2.05, 4.69) is 9.97 Å². The second kappa shape index (κ2) is 5.09. The van der Waals surface area contributed by atoms with Crippen LogP contribution < -0.4 is 4.74 Å². The van der Waals surface area contributed by atoms with Gasteiger partial charge in [0, 0.05) is 16.5 Å². The molecule has 0 aliphatic heterocycles. The fourth-order valence-electron chi connectivity index (χ4n) is 2.28. The maximum absolute atomic E-state index is 11.1. The molecule has 0 amide bonds. The molecule has 5 heteroatoms. The first-order valence-electron chi connectivity index (χ1n) is 6.04. The van der Waals surface area contributed by atoms with Crippen molar-refractivity contribution in [3.8, 4) is 5.75 Å². The fourth-order valence-corrected chi connectivity index (χ4v) is 2.92. The molecule has 20 heavy (non-hydrogen) atoms. The van der Waals surface area contributed by atoms with Crippen LogP contribution >= 0.6 is 11.8 Å². The summed E-state index contributed by atoms with van der Waals surface area (Å²) in [4.78, 5) is 20.9. The summed E-state index contributed by atoms with van der Waals surface area (Å²) in [6.07, 6.45) is 4.45. The van der Waals surface area contributed by atoms with Gasteiger partial charge in [-0.1, -0.05) is 6.07 Å². The minimum Gasteiger partial charge on any atom is -0.496 e. The van der Waals surface area contributed by atoms with Crippen LogP contribution in [0.4, 0.5) is 0 Å². The standard InChI is InChI=1S/C15H12N2O2S/c1-19-11-6-9-4-3-5-16-14(9)15-13(11)12(20-2)7-10(8-18)17-15/h3-8H,1-2H3. The summed E-state index contributed by atoms with van der Waals surface area (Å²) in [5.74, 6) is 0.745. The molecule has 0 fully saturated rings. The topological polar surface area (TPSA) is 52.1 Å². The van der Waals surface area contributed by atoms with Crippen LogP contribution in [0, 0.1) is 0 Å². The fraction of sp³-hybridized carbons (Fsp3) is 0.133. The van der Waals surface area contributed by atoms with Gasteiger partial charge in [0.1, 0.15) is 17.0 Å². The number of fused-ring (bicyclic) bond motifs is 3. The molecule has 2 heterocycles. The summed E-state index contributed by atoms with van der Waals surface area (Å²) < 4.78 is 5.48. The second-order valence-corrected chi connectivity index (χ2v) is 5.09. The SMILES string of the molecule is COc1cc2cccnc2c2nc(C=O)cc(SC)c12. The van der Waals surface area contributed by atoms with Crippen LogP contribution in [-0.2, 0) is 0 Å². The number of rotatable bonds is 3. The maximum Gasteiger partial charge on any atom is 0.168 e. The van der Waals surface area contributed by atoms with Crippen LogP contribution in [0.1, 0.15) is 10.5 Å². The van der Waals surface area contributed by atoms with E-state index in [0.717, 1.165) is 33.2 Å².